The topological polar surface area (TPSA) is 12.9 Å². The van der Waals surface area contributed by atoms with Gasteiger partial charge in [0.25, 0.3) is 0 Å². The second kappa shape index (κ2) is 4.80. The van der Waals surface area contributed by atoms with Crippen LogP contribution in [0.4, 0.5) is 0 Å². The van der Waals surface area contributed by atoms with Gasteiger partial charge in [0.2, 0.25) is 0 Å². The van der Waals surface area contributed by atoms with Gasteiger partial charge in [-0.3, -0.25) is 4.98 Å². The summed E-state index contributed by atoms with van der Waals surface area (Å²) in [7, 11) is 0. The Morgan fingerprint density at radius 2 is 2.31 bits per heavy atom. The summed E-state index contributed by atoms with van der Waals surface area (Å²) in [6.45, 7) is 8.42. The largest absolute Gasteiger partial charge is 0.264 e. The Bertz CT molecular complexity index is 262. The van der Waals surface area contributed by atoms with E-state index in [-0.39, 0.29) is 0 Å². The Kier molecular flexibility index (Phi) is 3.69. The molecule has 0 aliphatic carbocycles. The summed E-state index contributed by atoms with van der Waals surface area (Å²) in [6.07, 6.45) is 5.86. The van der Waals surface area contributed by atoms with Crippen LogP contribution in [-0.4, -0.2) is 4.98 Å². The summed E-state index contributed by atoms with van der Waals surface area (Å²) >= 11 is 0. The van der Waals surface area contributed by atoms with Gasteiger partial charge in [-0.25, -0.2) is 0 Å². The third-order valence-corrected chi connectivity index (χ3v) is 2.27. The molecule has 0 bridgehead atoms. The molecule has 0 aliphatic heterocycles. The molecule has 1 aromatic heterocycles. The Morgan fingerprint density at radius 3 is 2.85 bits per heavy atom. The minimum absolute atomic E-state index is 0.594. The standard InChI is InChI=1S/C12H17N/c1-10(2)11(3)6-7-12-5-4-8-13-9-12/h4-5,8-10H,3,6-7H2,1-2H3. The molecule has 1 rings (SSSR count). The fraction of sp³-hybridized carbons (Fsp3) is 0.417. The predicted octanol–water partition coefficient (Wildman–Crippen LogP) is 3.23. The van der Waals surface area contributed by atoms with E-state index in [0.717, 1.165) is 12.8 Å². The number of aryl methyl sites for hydroxylation is 1. The van der Waals surface area contributed by atoms with Crippen molar-refractivity contribution in [2.45, 2.75) is 26.7 Å². The van der Waals surface area contributed by atoms with Gasteiger partial charge in [-0.15, -0.1) is 0 Å². The van der Waals surface area contributed by atoms with Crippen molar-refractivity contribution < 1.29 is 0 Å². The van der Waals surface area contributed by atoms with Crippen molar-refractivity contribution in [3.8, 4) is 0 Å². The smallest absolute Gasteiger partial charge is 0.0299 e. The second-order valence-corrected chi connectivity index (χ2v) is 3.67. The normalized spacial score (nSPS) is 10.4. The maximum absolute atomic E-state index is 4.08. The van der Waals surface area contributed by atoms with Crippen LogP contribution < -0.4 is 0 Å². The SMILES string of the molecule is C=C(CCc1cccnc1)C(C)C. The lowest BCUT2D eigenvalue weighted by molar-refractivity contribution is 0.713. The van der Waals surface area contributed by atoms with Crippen LogP contribution in [0.25, 0.3) is 0 Å². The first-order valence-electron chi connectivity index (χ1n) is 4.76. The highest BCUT2D eigenvalue weighted by molar-refractivity contribution is 5.11. The zero-order valence-corrected chi connectivity index (χ0v) is 8.46. The Balaban J connectivity index is 2.40. The number of allylic oxidation sites excluding steroid dienone is 1. The van der Waals surface area contributed by atoms with E-state index in [1.165, 1.54) is 11.1 Å². The second-order valence-electron chi connectivity index (χ2n) is 3.67. The third-order valence-electron chi connectivity index (χ3n) is 2.27. The monoisotopic (exact) mass is 175 g/mol. The van der Waals surface area contributed by atoms with E-state index < -0.39 is 0 Å². The summed E-state index contributed by atoms with van der Waals surface area (Å²) < 4.78 is 0. The predicted molar refractivity (Wildman–Crippen MR) is 56.5 cm³/mol. The molecule has 0 spiro atoms. The van der Waals surface area contributed by atoms with E-state index >= 15 is 0 Å². The molecule has 0 atom stereocenters. The highest BCUT2D eigenvalue weighted by atomic mass is 14.6. The average Bonchev–Trinajstić information content (AvgIpc) is 2.15. The van der Waals surface area contributed by atoms with Gasteiger partial charge >= 0.3 is 0 Å². The molecule has 1 nitrogen and oxygen atoms in total. The van der Waals surface area contributed by atoms with Crippen molar-refractivity contribution in [2.75, 3.05) is 0 Å². The first-order chi connectivity index (χ1) is 6.20. The molecule has 0 radical (unpaired) electrons. The van der Waals surface area contributed by atoms with Gasteiger partial charge in [-0.2, -0.15) is 0 Å². The lowest BCUT2D eigenvalue weighted by Crippen LogP contribution is -1.95. The molecule has 0 aliphatic rings. The molecule has 0 amide bonds. The number of aromatic nitrogens is 1. The molecule has 0 aromatic carbocycles. The van der Waals surface area contributed by atoms with Gasteiger partial charge in [0, 0.05) is 12.4 Å². The molecule has 1 heterocycles. The van der Waals surface area contributed by atoms with Gasteiger partial charge < -0.3 is 0 Å². The van der Waals surface area contributed by atoms with Crippen LogP contribution in [0.15, 0.2) is 36.7 Å². The maximum atomic E-state index is 4.08. The average molecular weight is 175 g/mol. The zero-order valence-electron chi connectivity index (χ0n) is 8.46. The molecule has 0 unspecified atom stereocenters. The van der Waals surface area contributed by atoms with Crippen LogP contribution in [0.3, 0.4) is 0 Å². The quantitative estimate of drug-likeness (QED) is 0.640. The first kappa shape index (κ1) is 9.97. The highest BCUT2D eigenvalue weighted by Crippen LogP contribution is 2.14. The number of pyridine rings is 1. The highest BCUT2D eigenvalue weighted by Gasteiger charge is 2.00. The molecular weight excluding hydrogens is 158 g/mol. The summed E-state index contributed by atoms with van der Waals surface area (Å²) in [6, 6.07) is 4.09. The number of hydrogen-bond donors (Lipinski definition) is 0. The van der Waals surface area contributed by atoms with Crippen molar-refractivity contribution >= 4 is 0 Å². The Labute approximate surface area is 80.5 Å². The summed E-state index contributed by atoms with van der Waals surface area (Å²) in [5, 5.41) is 0. The molecule has 1 heteroatoms. The fourth-order valence-electron chi connectivity index (χ4n) is 1.14. The van der Waals surface area contributed by atoms with Gasteiger partial charge in [-0.05, 0) is 30.4 Å². The van der Waals surface area contributed by atoms with Crippen LogP contribution in [-0.2, 0) is 6.42 Å². The summed E-state index contributed by atoms with van der Waals surface area (Å²) in [4.78, 5) is 4.08. The van der Waals surface area contributed by atoms with Crippen molar-refractivity contribution in [1.82, 2.24) is 4.98 Å². The summed E-state index contributed by atoms with van der Waals surface area (Å²) in [5.74, 6) is 0.594. The molecule has 0 saturated carbocycles. The maximum Gasteiger partial charge on any atom is 0.0299 e. The number of rotatable bonds is 4. The first-order valence-corrected chi connectivity index (χ1v) is 4.76. The molecule has 0 saturated heterocycles. The fourth-order valence-corrected chi connectivity index (χ4v) is 1.14. The van der Waals surface area contributed by atoms with E-state index in [1.54, 1.807) is 6.20 Å². The number of nitrogens with zero attached hydrogens (tertiary/aromatic N) is 1. The molecule has 1 aromatic rings. The summed E-state index contributed by atoms with van der Waals surface area (Å²) in [5.41, 5.74) is 2.62. The molecule has 13 heavy (non-hydrogen) atoms. The van der Waals surface area contributed by atoms with Crippen molar-refractivity contribution in [2.24, 2.45) is 5.92 Å². The van der Waals surface area contributed by atoms with Crippen molar-refractivity contribution in [3.05, 3.63) is 42.2 Å². The van der Waals surface area contributed by atoms with Crippen LogP contribution in [0.5, 0.6) is 0 Å². The van der Waals surface area contributed by atoms with Crippen LogP contribution in [0.2, 0.25) is 0 Å². The number of hydrogen-bond acceptors (Lipinski definition) is 1. The third kappa shape index (κ3) is 3.41. The molecule has 70 valence electrons. The zero-order chi connectivity index (χ0) is 9.68. The van der Waals surface area contributed by atoms with Gasteiger partial charge in [-0.1, -0.05) is 32.1 Å². The van der Waals surface area contributed by atoms with E-state index in [2.05, 4.69) is 31.5 Å². The van der Waals surface area contributed by atoms with Gasteiger partial charge in [0.15, 0.2) is 0 Å². The lowest BCUT2D eigenvalue weighted by atomic mass is 9.98. The van der Waals surface area contributed by atoms with Crippen molar-refractivity contribution in [1.29, 1.82) is 0 Å². The van der Waals surface area contributed by atoms with E-state index in [4.69, 9.17) is 0 Å². The van der Waals surface area contributed by atoms with E-state index in [9.17, 15) is 0 Å². The van der Waals surface area contributed by atoms with Crippen LogP contribution in [0, 0.1) is 5.92 Å². The van der Waals surface area contributed by atoms with Gasteiger partial charge in [0.1, 0.15) is 0 Å². The Morgan fingerprint density at radius 1 is 1.54 bits per heavy atom. The molecule has 0 fully saturated rings. The lowest BCUT2D eigenvalue weighted by Gasteiger charge is -2.08. The van der Waals surface area contributed by atoms with E-state index in [0.29, 0.717) is 5.92 Å². The Hall–Kier alpha value is -1.11. The van der Waals surface area contributed by atoms with Crippen molar-refractivity contribution in [3.63, 3.8) is 0 Å². The van der Waals surface area contributed by atoms with Crippen LogP contribution in [0.1, 0.15) is 25.8 Å². The minimum atomic E-state index is 0.594. The van der Waals surface area contributed by atoms with E-state index in [1.807, 2.05) is 12.3 Å². The minimum Gasteiger partial charge on any atom is -0.264 e. The van der Waals surface area contributed by atoms with Gasteiger partial charge in [0.05, 0.1) is 0 Å². The molecule has 0 N–H and O–H groups in total. The van der Waals surface area contributed by atoms with Crippen LogP contribution >= 0.6 is 0 Å². The molecular formula is C12H17N.